The zero-order valence-corrected chi connectivity index (χ0v) is 18.1. The van der Waals surface area contributed by atoms with Crippen LogP contribution in [0, 0.1) is 0 Å². The van der Waals surface area contributed by atoms with E-state index in [9.17, 15) is 9.90 Å². The number of amides is 1. The van der Waals surface area contributed by atoms with Gasteiger partial charge in [0.25, 0.3) is 5.91 Å². The van der Waals surface area contributed by atoms with Crippen molar-refractivity contribution >= 4 is 17.5 Å². The van der Waals surface area contributed by atoms with Crippen molar-refractivity contribution in [3.05, 3.63) is 88.2 Å². The second kappa shape index (κ2) is 8.45. The highest BCUT2D eigenvalue weighted by molar-refractivity contribution is 6.29. The lowest BCUT2D eigenvalue weighted by Crippen LogP contribution is -2.29. The standard InChI is InChI=1S/C26H25ClN2O2/c27-25-7-3-6-24(28-25)26(31)29-13-12-19(15-29)21-11-10-18(14-20(21)16-30)23-5-2-1-4-22(23)17-8-9-17/h1-7,10-11,14,17,19,30H,8-9,12-13,15-16H2. The summed E-state index contributed by atoms with van der Waals surface area (Å²) >= 11 is 5.95. The first kappa shape index (κ1) is 20.2. The number of hydrogen-bond donors (Lipinski definition) is 1. The smallest absolute Gasteiger partial charge is 0.272 e. The lowest BCUT2D eigenvalue weighted by Gasteiger charge is -2.19. The fourth-order valence-electron chi connectivity index (χ4n) is 4.71. The number of halogens is 1. The van der Waals surface area contributed by atoms with Gasteiger partial charge in [-0.15, -0.1) is 0 Å². The van der Waals surface area contributed by atoms with Crippen LogP contribution in [0.5, 0.6) is 0 Å². The van der Waals surface area contributed by atoms with Crippen molar-refractivity contribution in [3.8, 4) is 11.1 Å². The van der Waals surface area contributed by atoms with Gasteiger partial charge in [-0.3, -0.25) is 4.79 Å². The van der Waals surface area contributed by atoms with E-state index in [2.05, 4.69) is 47.4 Å². The van der Waals surface area contributed by atoms with Crippen molar-refractivity contribution in [2.24, 2.45) is 0 Å². The number of carbonyl (C=O) groups is 1. The zero-order valence-electron chi connectivity index (χ0n) is 17.3. The number of aliphatic hydroxyl groups is 1. The van der Waals surface area contributed by atoms with Crippen LogP contribution in [0.4, 0.5) is 0 Å². The minimum atomic E-state index is -0.0921. The van der Waals surface area contributed by atoms with E-state index in [1.54, 1.807) is 18.2 Å². The Morgan fingerprint density at radius 1 is 1.00 bits per heavy atom. The minimum Gasteiger partial charge on any atom is -0.392 e. The number of benzene rings is 2. The largest absolute Gasteiger partial charge is 0.392 e. The van der Waals surface area contributed by atoms with Gasteiger partial charge in [-0.2, -0.15) is 0 Å². The summed E-state index contributed by atoms with van der Waals surface area (Å²) in [5.74, 6) is 0.784. The highest BCUT2D eigenvalue weighted by Gasteiger charge is 2.30. The molecule has 2 heterocycles. The molecule has 2 fully saturated rings. The summed E-state index contributed by atoms with van der Waals surface area (Å²) in [6.07, 6.45) is 3.39. The number of pyridine rings is 1. The second-order valence-corrected chi connectivity index (χ2v) is 8.90. The normalized spacial score (nSPS) is 18.4. The maximum Gasteiger partial charge on any atom is 0.272 e. The Hall–Kier alpha value is -2.69. The third-order valence-electron chi connectivity index (χ3n) is 6.45. The first-order chi connectivity index (χ1) is 15.1. The van der Waals surface area contributed by atoms with Gasteiger partial charge in [0.1, 0.15) is 10.8 Å². The predicted molar refractivity (Wildman–Crippen MR) is 122 cm³/mol. The lowest BCUT2D eigenvalue weighted by atomic mass is 9.89. The van der Waals surface area contributed by atoms with E-state index in [1.165, 1.54) is 24.0 Å². The highest BCUT2D eigenvalue weighted by Crippen LogP contribution is 2.44. The highest BCUT2D eigenvalue weighted by atomic mass is 35.5. The van der Waals surface area contributed by atoms with Gasteiger partial charge in [-0.1, -0.05) is 54.1 Å². The number of aromatic nitrogens is 1. The molecule has 3 aromatic rings. The van der Waals surface area contributed by atoms with Gasteiger partial charge in [0, 0.05) is 19.0 Å². The predicted octanol–water partition coefficient (Wildman–Crippen LogP) is 5.40. The number of likely N-dealkylation sites (tertiary alicyclic amines) is 1. The van der Waals surface area contributed by atoms with Gasteiger partial charge in [0.2, 0.25) is 0 Å². The Morgan fingerprint density at radius 2 is 1.84 bits per heavy atom. The molecule has 0 bridgehead atoms. The fourth-order valence-corrected chi connectivity index (χ4v) is 4.87. The second-order valence-electron chi connectivity index (χ2n) is 8.52. The van der Waals surface area contributed by atoms with E-state index < -0.39 is 0 Å². The molecule has 31 heavy (non-hydrogen) atoms. The number of nitrogens with zero attached hydrogens (tertiary/aromatic N) is 2. The van der Waals surface area contributed by atoms with E-state index in [0.717, 1.165) is 23.1 Å². The summed E-state index contributed by atoms with van der Waals surface area (Å²) in [7, 11) is 0. The van der Waals surface area contributed by atoms with Gasteiger partial charge < -0.3 is 10.0 Å². The van der Waals surface area contributed by atoms with E-state index in [0.29, 0.717) is 29.9 Å². The average Bonchev–Trinajstić information content (AvgIpc) is 3.54. The van der Waals surface area contributed by atoms with Crippen molar-refractivity contribution < 1.29 is 9.90 Å². The Labute approximate surface area is 187 Å². The molecule has 5 rings (SSSR count). The molecule has 1 saturated carbocycles. The van der Waals surface area contributed by atoms with Gasteiger partial charge in [0.15, 0.2) is 0 Å². The molecule has 2 aromatic carbocycles. The zero-order chi connectivity index (χ0) is 21.4. The third kappa shape index (κ3) is 4.10. The molecule has 2 aliphatic rings. The summed E-state index contributed by atoms with van der Waals surface area (Å²) < 4.78 is 0. The molecule has 158 valence electrons. The molecular formula is C26H25ClN2O2. The van der Waals surface area contributed by atoms with E-state index in [4.69, 9.17) is 11.6 Å². The van der Waals surface area contributed by atoms with Crippen LogP contribution >= 0.6 is 11.6 Å². The molecule has 1 unspecified atom stereocenters. The van der Waals surface area contributed by atoms with Crippen molar-refractivity contribution in [1.29, 1.82) is 0 Å². The molecule has 1 atom stereocenters. The Balaban J connectivity index is 1.38. The van der Waals surface area contributed by atoms with Gasteiger partial charge in [-0.25, -0.2) is 4.98 Å². The Bertz CT molecular complexity index is 1130. The van der Waals surface area contributed by atoms with Crippen LogP contribution in [-0.4, -0.2) is 34.0 Å². The van der Waals surface area contributed by atoms with Crippen LogP contribution in [-0.2, 0) is 6.61 Å². The molecule has 1 N–H and O–H groups in total. The lowest BCUT2D eigenvalue weighted by molar-refractivity contribution is 0.0785. The maximum atomic E-state index is 12.8. The van der Waals surface area contributed by atoms with Crippen LogP contribution in [0.15, 0.2) is 60.7 Å². The van der Waals surface area contributed by atoms with Crippen LogP contribution in [0.3, 0.4) is 0 Å². The molecule has 5 heteroatoms. The summed E-state index contributed by atoms with van der Waals surface area (Å²) in [4.78, 5) is 18.8. The Morgan fingerprint density at radius 3 is 2.61 bits per heavy atom. The van der Waals surface area contributed by atoms with E-state index >= 15 is 0 Å². The quantitative estimate of drug-likeness (QED) is 0.549. The van der Waals surface area contributed by atoms with Crippen LogP contribution in [0.2, 0.25) is 5.15 Å². The molecule has 1 aromatic heterocycles. The molecule has 1 amide bonds. The third-order valence-corrected chi connectivity index (χ3v) is 6.66. The maximum absolute atomic E-state index is 12.8. The first-order valence-electron chi connectivity index (χ1n) is 10.9. The molecule has 1 aliphatic carbocycles. The molecule has 1 aliphatic heterocycles. The number of aliphatic hydroxyl groups excluding tert-OH is 1. The van der Waals surface area contributed by atoms with Gasteiger partial charge in [0.05, 0.1) is 6.61 Å². The summed E-state index contributed by atoms with van der Waals surface area (Å²) in [5, 5.41) is 10.4. The van der Waals surface area contributed by atoms with Crippen LogP contribution in [0.25, 0.3) is 11.1 Å². The Kier molecular flexibility index (Phi) is 5.51. The number of hydrogen-bond acceptors (Lipinski definition) is 3. The van der Waals surface area contributed by atoms with Gasteiger partial charge >= 0.3 is 0 Å². The van der Waals surface area contributed by atoms with Crippen molar-refractivity contribution in [3.63, 3.8) is 0 Å². The molecular weight excluding hydrogens is 408 g/mol. The summed E-state index contributed by atoms with van der Waals surface area (Å²) in [6, 6.07) is 20.1. The van der Waals surface area contributed by atoms with Gasteiger partial charge in [-0.05, 0) is 71.2 Å². The minimum absolute atomic E-state index is 0.00490. The van der Waals surface area contributed by atoms with Crippen molar-refractivity contribution in [1.82, 2.24) is 9.88 Å². The molecule has 0 radical (unpaired) electrons. The molecule has 0 spiro atoms. The average molecular weight is 433 g/mol. The fraction of sp³-hybridized carbons (Fsp3) is 0.308. The van der Waals surface area contributed by atoms with Crippen LogP contribution in [0.1, 0.15) is 58.3 Å². The summed E-state index contributed by atoms with van der Waals surface area (Å²) in [5.41, 5.74) is 6.28. The topological polar surface area (TPSA) is 53.4 Å². The van der Waals surface area contributed by atoms with Crippen molar-refractivity contribution in [2.75, 3.05) is 13.1 Å². The number of rotatable bonds is 5. The van der Waals surface area contributed by atoms with Crippen LogP contribution < -0.4 is 0 Å². The monoisotopic (exact) mass is 432 g/mol. The molecule has 4 nitrogen and oxygen atoms in total. The SMILES string of the molecule is O=C(c1cccc(Cl)n1)N1CCC(c2ccc(-c3ccccc3C3CC3)cc2CO)C1. The van der Waals surface area contributed by atoms with Crippen molar-refractivity contribution in [2.45, 2.75) is 37.7 Å². The summed E-state index contributed by atoms with van der Waals surface area (Å²) in [6.45, 7) is 1.29. The number of carbonyl (C=O) groups excluding carboxylic acids is 1. The first-order valence-corrected chi connectivity index (χ1v) is 11.3. The molecule has 1 saturated heterocycles. The van der Waals surface area contributed by atoms with E-state index in [-0.39, 0.29) is 18.4 Å². The van der Waals surface area contributed by atoms with E-state index in [1.807, 2.05) is 4.90 Å².